The van der Waals surface area contributed by atoms with Crippen LogP contribution in [0.4, 0.5) is 0 Å². The highest BCUT2D eigenvalue weighted by Crippen LogP contribution is 2.30. The molecule has 0 amide bonds. The van der Waals surface area contributed by atoms with Crippen LogP contribution >= 0.6 is 35.3 Å². The molecular weight excluding hydrogens is 511 g/mol. The molecule has 0 saturated heterocycles. The number of aromatic nitrogens is 1. The lowest BCUT2D eigenvalue weighted by atomic mass is 10.2. The zero-order chi connectivity index (χ0) is 20.6. The maximum absolute atomic E-state index is 5.91. The lowest BCUT2D eigenvalue weighted by Gasteiger charge is -2.12. The summed E-state index contributed by atoms with van der Waals surface area (Å²) < 4.78 is 11.2. The third-order valence-corrected chi connectivity index (χ3v) is 5.46. The van der Waals surface area contributed by atoms with Gasteiger partial charge in [0.2, 0.25) is 0 Å². The number of hydrogen-bond acceptors (Lipinski definition) is 5. The van der Waals surface area contributed by atoms with E-state index in [0.29, 0.717) is 24.6 Å². The Kier molecular flexibility index (Phi) is 9.38. The van der Waals surface area contributed by atoms with Crippen LogP contribution in [0.5, 0.6) is 17.2 Å². The van der Waals surface area contributed by atoms with Gasteiger partial charge in [0.15, 0.2) is 17.5 Å². The summed E-state index contributed by atoms with van der Waals surface area (Å²) in [5.74, 6) is 2.90. The minimum absolute atomic E-state index is 0. The number of aliphatic imine (C=N–C) groups is 1. The van der Waals surface area contributed by atoms with E-state index in [1.165, 1.54) is 4.88 Å². The first-order valence-corrected chi connectivity index (χ1v) is 10.2. The fourth-order valence-corrected chi connectivity index (χ4v) is 3.56. The molecule has 3 aromatic rings. The predicted octanol–water partition coefficient (Wildman–Crippen LogP) is 5.04. The minimum atomic E-state index is 0. The molecule has 2 N–H and O–H groups in total. The molecule has 30 heavy (non-hydrogen) atoms. The Labute approximate surface area is 198 Å². The summed E-state index contributed by atoms with van der Waals surface area (Å²) in [5, 5.41) is 7.68. The van der Waals surface area contributed by atoms with Crippen molar-refractivity contribution in [2.45, 2.75) is 26.9 Å². The van der Waals surface area contributed by atoms with E-state index in [-0.39, 0.29) is 24.0 Å². The predicted molar refractivity (Wildman–Crippen MR) is 134 cm³/mol. The highest BCUT2D eigenvalue weighted by Gasteiger charge is 2.06. The third-order valence-electron chi connectivity index (χ3n) is 4.38. The standard InChI is InChI=1S/C22H26N4O2S.HI/c1-15-16(2)29-21(26-15)14-25-22(23-3)24-13-17-9-11-18(12-10-17)28-20-8-6-5-7-19(20)27-4;/h5-12H,13-14H2,1-4H3,(H2,23,24,25);1H. The van der Waals surface area contributed by atoms with Crippen molar-refractivity contribution in [3.63, 3.8) is 0 Å². The van der Waals surface area contributed by atoms with Crippen molar-refractivity contribution in [1.29, 1.82) is 0 Å². The van der Waals surface area contributed by atoms with Gasteiger partial charge in [-0.05, 0) is 43.7 Å². The number of para-hydroxylation sites is 2. The lowest BCUT2D eigenvalue weighted by molar-refractivity contribution is 0.379. The van der Waals surface area contributed by atoms with Gasteiger partial charge in [0.25, 0.3) is 0 Å². The quantitative estimate of drug-likeness (QED) is 0.251. The van der Waals surface area contributed by atoms with Crippen molar-refractivity contribution in [3.8, 4) is 17.2 Å². The first-order valence-electron chi connectivity index (χ1n) is 9.36. The van der Waals surface area contributed by atoms with Crippen LogP contribution < -0.4 is 20.1 Å². The van der Waals surface area contributed by atoms with Crippen molar-refractivity contribution >= 4 is 41.3 Å². The molecule has 2 aromatic carbocycles. The van der Waals surface area contributed by atoms with Crippen molar-refractivity contribution < 1.29 is 9.47 Å². The summed E-state index contributed by atoms with van der Waals surface area (Å²) in [6, 6.07) is 15.5. The van der Waals surface area contributed by atoms with Gasteiger partial charge in [-0.2, -0.15) is 0 Å². The van der Waals surface area contributed by atoms with Gasteiger partial charge in [-0.1, -0.05) is 24.3 Å². The largest absolute Gasteiger partial charge is 0.493 e. The van der Waals surface area contributed by atoms with Gasteiger partial charge < -0.3 is 20.1 Å². The van der Waals surface area contributed by atoms with Crippen LogP contribution in [0, 0.1) is 13.8 Å². The second-order valence-corrected chi connectivity index (χ2v) is 7.71. The Bertz CT molecular complexity index is 954. The van der Waals surface area contributed by atoms with E-state index in [4.69, 9.17) is 9.47 Å². The summed E-state index contributed by atoms with van der Waals surface area (Å²) in [5.41, 5.74) is 2.21. The number of nitrogens with zero attached hydrogens (tertiary/aromatic N) is 2. The Morgan fingerprint density at radius 2 is 1.67 bits per heavy atom. The zero-order valence-electron chi connectivity index (χ0n) is 17.6. The van der Waals surface area contributed by atoms with Gasteiger partial charge in [0.1, 0.15) is 10.8 Å². The Hall–Kier alpha value is -2.33. The van der Waals surface area contributed by atoms with E-state index < -0.39 is 0 Å². The molecule has 0 aliphatic heterocycles. The number of benzene rings is 2. The molecule has 0 spiro atoms. The number of thiazole rings is 1. The molecule has 0 saturated carbocycles. The molecule has 0 atom stereocenters. The van der Waals surface area contributed by atoms with Gasteiger partial charge in [0, 0.05) is 18.5 Å². The second-order valence-electron chi connectivity index (χ2n) is 6.43. The first kappa shape index (κ1) is 23.9. The molecular formula is C22H27IN4O2S. The normalized spacial score (nSPS) is 10.9. The summed E-state index contributed by atoms with van der Waals surface area (Å²) in [4.78, 5) is 10.1. The van der Waals surface area contributed by atoms with Crippen LogP contribution in [0.2, 0.25) is 0 Å². The summed E-state index contributed by atoms with van der Waals surface area (Å²) in [6.45, 7) is 5.43. The number of nitrogens with one attached hydrogen (secondary N) is 2. The average molecular weight is 538 g/mol. The van der Waals surface area contributed by atoms with Crippen LogP contribution in [0.15, 0.2) is 53.5 Å². The fraction of sp³-hybridized carbons (Fsp3) is 0.273. The topological polar surface area (TPSA) is 67.8 Å². The average Bonchev–Trinajstić information content (AvgIpc) is 3.07. The van der Waals surface area contributed by atoms with Crippen LogP contribution in [-0.4, -0.2) is 25.1 Å². The SMILES string of the molecule is CN=C(NCc1ccc(Oc2ccccc2OC)cc1)NCc1nc(C)c(C)s1.I. The molecule has 3 rings (SSSR count). The molecule has 0 unspecified atom stereocenters. The molecule has 0 radical (unpaired) electrons. The van der Waals surface area contributed by atoms with E-state index in [1.807, 2.05) is 55.5 Å². The second kappa shape index (κ2) is 11.8. The fourth-order valence-electron chi connectivity index (χ4n) is 2.69. The minimum Gasteiger partial charge on any atom is -0.493 e. The summed E-state index contributed by atoms with van der Waals surface area (Å²) >= 11 is 1.71. The van der Waals surface area contributed by atoms with Gasteiger partial charge in [-0.15, -0.1) is 35.3 Å². The highest BCUT2D eigenvalue weighted by atomic mass is 127. The molecule has 0 bridgehead atoms. The van der Waals surface area contributed by atoms with Gasteiger partial charge >= 0.3 is 0 Å². The van der Waals surface area contributed by atoms with Crippen molar-refractivity contribution in [1.82, 2.24) is 15.6 Å². The monoisotopic (exact) mass is 538 g/mol. The van der Waals surface area contributed by atoms with Crippen LogP contribution in [0.25, 0.3) is 0 Å². The Balaban J connectivity index is 0.00000320. The van der Waals surface area contributed by atoms with Crippen molar-refractivity contribution in [2.24, 2.45) is 4.99 Å². The van der Waals surface area contributed by atoms with Gasteiger partial charge in [-0.3, -0.25) is 4.99 Å². The van der Waals surface area contributed by atoms with E-state index >= 15 is 0 Å². The van der Waals surface area contributed by atoms with E-state index in [2.05, 4.69) is 27.5 Å². The Morgan fingerprint density at radius 3 is 2.27 bits per heavy atom. The van der Waals surface area contributed by atoms with Crippen molar-refractivity contribution in [3.05, 3.63) is 69.7 Å². The number of ether oxygens (including phenoxy) is 2. The number of rotatable bonds is 7. The first-order chi connectivity index (χ1) is 14.1. The van der Waals surface area contributed by atoms with Gasteiger partial charge in [-0.25, -0.2) is 4.98 Å². The van der Waals surface area contributed by atoms with E-state index in [1.54, 1.807) is 25.5 Å². The van der Waals surface area contributed by atoms with Crippen LogP contribution in [-0.2, 0) is 13.1 Å². The molecule has 8 heteroatoms. The molecule has 0 aliphatic carbocycles. The molecule has 6 nitrogen and oxygen atoms in total. The number of aryl methyl sites for hydroxylation is 2. The number of halogens is 1. The molecule has 1 aromatic heterocycles. The van der Waals surface area contributed by atoms with Crippen LogP contribution in [0.1, 0.15) is 21.1 Å². The smallest absolute Gasteiger partial charge is 0.191 e. The lowest BCUT2D eigenvalue weighted by Crippen LogP contribution is -2.36. The number of hydrogen-bond donors (Lipinski definition) is 2. The van der Waals surface area contributed by atoms with Crippen LogP contribution in [0.3, 0.4) is 0 Å². The highest BCUT2D eigenvalue weighted by molar-refractivity contribution is 14.0. The van der Waals surface area contributed by atoms with E-state index in [0.717, 1.165) is 28.0 Å². The molecule has 0 fully saturated rings. The number of methoxy groups -OCH3 is 1. The van der Waals surface area contributed by atoms with E-state index in [9.17, 15) is 0 Å². The number of guanidine groups is 1. The maximum atomic E-state index is 5.91. The zero-order valence-corrected chi connectivity index (χ0v) is 20.7. The Morgan fingerprint density at radius 1 is 1.00 bits per heavy atom. The summed E-state index contributed by atoms with van der Waals surface area (Å²) in [7, 11) is 3.40. The maximum Gasteiger partial charge on any atom is 0.191 e. The molecule has 0 aliphatic rings. The van der Waals surface area contributed by atoms with Crippen molar-refractivity contribution in [2.75, 3.05) is 14.2 Å². The van der Waals surface area contributed by atoms with Gasteiger partial charge in [0.05, 0.1) is 19.3 Å². The molecule has 160 valence electrons. The summed E-state index contributed by atoms with van der Waals surface area (Å²) in [6.07, 6.45) is 0. The third kappa shape index (κ3) is 6.60. The molecule has 1 heterocycles.